The first kappa shape index (κ1) is 13.0. The van der Waals surface area contributed by atoms with Gasteiger partial charge in [-0.15, -0.1) is 0 Å². The second-order valence-electron chi connectivity index (χ2n) is 4.34. The Bertz CT molecular complexity index is 337. The van der Waals surface area contributed by atoms with Crippen LogP contribution in [-0.2, 0) is 0 Å². The molecule has 3 heteroatoms. The van der Waals surface area contributed by atoms with Crippen molar-refractivity contribution >= 4 is 0 Å². The minimum Gasteiger partial charge on any atom is -0.496 e. The molecule has 90 valence electrons. The maximum Gasteiger partial charge on any atom is 0.123 e. The first-order chi connectivity index (χ1) is 7.60. The standard InChI is InChI=1S/C13H22N2O/c1-9(2)10-4-5-11(12(15)6-7-14)13(8-10)16-3/h4-5,8-9,12H,6-7,14-15H2,1-3H3. The van der Waals surface area contributed by atoms with Crippen LogP contribution in [0.15, 0.2) is 18.2 Å². The van der Waals surface area contributed by atoms with Crippen LogP contribution in [0, 0.1) is 0 Å². The maximum atomic E-state index is 6.05. The molecule has 0 aliphatic heterocycles. The van der Waals surface area contributed by atoms with Gasteiger partial charge in [0.25, 0.3) is 0 Å². The molecule has 0 amide bonds. The number of nitrogens with two attached hydrogens (primary N) is 2. The Labute approximate surface area is 97.8 Å². The number of rotatable bonds is 5. The number of benzene rings is 1. The largest absolute Gasteiger partial charge is 0.496 e. The summed E-state index contributed by atoms with van der Waals surface area (Å²) < 4.78 is 5.38. The summed E-state index contributed by atoms with van der Waals surface area (Å²) in [5.41, 5.74) is 13.9. The van der Waals surface area contributed by atoms with E-state index in [0.29, 0.717) is 12.5 Å². The molecule has 1 rings (SSSR count). The molecule has 16 heavy (non-hydrogen) atoms. The van der Waals surface area contributed by atoms with Crippen LogP contribution in [0.3, 0.4) is 0 Å². The fourth-order valence-electron chi connectivity index (χ4n) is 1.73. The number of hydrogen-bond donors (Lipinski definition) is 2. The highest BCUT2D eigenvalue weighted by Crippen LogP contribution is 2.29. The lowest BCUT2D eigenvalue weighted by Crippen LogP contribution is -2.16. The molecule has 0 heterocycles. The van der Waals surface area contributed by atoms with Crippen molar-refractivity contribution in [3.63, 3.8) is 0 Å². The second kappa shape index (κ2) is 5.87. The van der Waals surface area contributed by atoms with E-state index in [1.165, 1.54) is 5.56 Å². The molecule has 4 N–H and O–H groups in total. The van der Waals surface area contributed by atoms with Gasteiger partial charge in [-0.25, -0.2) is 0 Å². The van der Waals surface area contributed by atoms with Crippen molar-refractivity contribution in [3.05, 3.63) is 29.3 Å². The Morgan fingerprint density at radius 3 is 2.50 bits per heavy atom. The maximum absolute atomic E-state index is 6.05. The molecule has 0 aromatic heterocycles. The molecule has 1 aromatic carbocycles. The molecule has 0 aliphatic carbocycles. The summed E-state index contributed by atoms with van der Waals surface area (Å²) in [7, 11) is 1.68. The third kappa shape index (κ3) is 2.97. The average Bonchev–Trinajstić information content (AvgIpc) is 2.28. The number of methoxy groups -OCH3 is 1. The Morgan fingerprint density at radius 1 is 1.31 bits per heavy atom. The zero-order valence-electron chi connectivity index (χ0n) is 10.4. The topological polar surface area (TPSA) is 61.3 Å². The summed E-state index contributed by atoms with van der Waals surface area (Å²) >= 11 is 0. The molecule has 0 saturated heterocycles. The van der Waals surface area contributed by atoms with Crippen LogP contribution in [0.4, 0.5) is 0 Å². The molecule has 0 fully saturated rings. The molecule has 1 atom stereocenters. The summed E-state index contributed by atoms with van der Waals surface area (Å²) in [6.45, 7) is 4.92. The van der Waals surface area contributed by atoms with E-state index >= 15 is 0 Å². The first-order valence-corrected chi connectivity index (χ1v) is 5.73. The Morgan fingerprint density at radius 2 is 2.00 bits per heavy atom. The number of ether oxygens (including phenoxy) is 1. The van der Waals surface area contributed by atoms with Crippen LogP contribution in [0.2, 0.25) is 0 Å². The lowest BCUT2D eigenvalue weighted by Gasteiger charge is -2.17. The van der Waals surface area contributed by atoms with Gasteiger partial charge >= 0.3 is 0 Å². The van der Waals surface area contributed by atoms with Gasteiger partial charge in [-0.1, -0.05) is 26.0 Å². The molecule has 0 saturated carbocycles. The highest BCUT2D eigenvalue weighted by atomic mass is 16.5. The quantitative estimate of drug-likeness (QED) is 0.802. The fraction of sp³-hybridized carbons (Fsp3) is 0.538. The summed E-state index contributed by atoms with van der Waals surface area (Å²) in [5.74, 6) is 1.36. The molecule has 0 aliphatic rings. The lowest BCUT2D eigenvalue weighted by molar-refractivity contribution is 0.403. The smallest absolute Gasteiger partial charge is 0.123 e. The van der Waals surface area contributed by atoms with E-state index in [1.54, 1.807) is 7.11 Å². The van der Waals surface area contributed by atoms with Crippen molar-refractivity contribution in [1.29, 1.82) is 0 Å². The summed E-state index contributed by atoms with van der Waals surface area (Å²) in [4.78, 5) is 0. The van der Waals surface area contributed by atoms with Crippen molar-refractivity contribution in [1.82, 2.24) is 0 Å². The second-order valence-corrected chi connectivity index (χ2v) is 4.34. The molecule has 1 aromatic rings. The summed E-state index contributed by atoms with van der Waals surface area (Å²) in [6.07, 6.45) is 0.775. The van der Waals surface area contributed by atoms with Gasteiger partial charge in [0.15, 0.2) is 0 Å². The molecule has 0 radical (unpaired) electrons. The minimum absolute atomic E-state index is 0.0406. The van der Waals surface area contributed by atoms with Crippen LogP contribution in [0.25, 0.3) is 0 Å². The van der Waals surface area contributed by atoms with E-state index in [2.05, 4.69) is 32.0 Å². The highest BCUT2D eigenvalue weighted by molar-refractivity contribution is 5.40. The van der Waals surface area contributed by atoms with Gasteiger partial charge in [0.2, 0.25) is 0 Å². The minimum atomic E-state index is -0.0406. The predicted octanol–water partition coefficient (Wildman–Crippen LogP) is 2.17. The SMILES string of the molecule is COc1cc(C(C)C)ccc1C(N)CCN. The molecular formula is C13H22N2O. The Kier molecular flexibility index (Phi) is 4.77. The normalized spacial score (nSPS) is 12.9. The van der Waals surface area contributed by atoms with Gasteiger partial charge in [-0.2, -0.15) is 0 Å². The molecule has 3 nitrogen and oxygen atoms in total. The third-order valence-corrected chi connectivity index (χ3v) is 2.80. The predicted molar refractivity (Wildman–Crippen MR) is 67.7 cm³/mol. The van der Waals surface area contributed by atoms with E-state index in [-0.39, 0.29) is 6.04 Å². The molecule has 0 spiro atoms. The monoisotopic (exact) mass is 222 g/mol. The van der Waals surface area contributed by atoms with Gasteiger partial charge < -0.3 is 16.2 Å². The van der Waals surface area contributed by atoms with Crippen LogP contribution in [-0.4, -0.2) is 13.7 Å². The van der Waals surface area contributed by atoms with Crippen LogP contribution >= 0.6 is 0 Å². The van der Waals surface area contributed by atoms with Gasteiger partial charge in [0.1, 0.15) is 5.75 Å². The Hall–Kier alpha value is -1.06. The van der Waals surface area contributed by atoms with Crippen molar-refractivity contribution in [2.45, 2.75) is 32.2 Å². The van der Waals surface area contributed by atoms with Crippen LogP contribution < -0.4 is 16.2 Å². The van der Waals surface area contributed by atoms with E-state index in [4.69, 9.17) is 16.2 Å². The summed E-state index contributed by atoms with van der Waals surface area (Å²) in [5, 5.41) is 0. The molecule has 1 unspecified atom stereocenters. The summed E-state index contributed by atoms with van der Waals surface area (Å²) in [6, 6.07) is 6.19. The zero-order valence-corrected chi connectivity index (χ0v) is 10.4. The van der Waals surface area contributed by atoms with Crippen molar-refractivity contribution < 1.29 is 4.74 Å². The first-order valence-electron chi connectivity index (χ1n) is 5.73. The van der Waals surface area contributed by atoms with Gasteiger partial charge in [0.05, 0.1) is 7.11 Å². The van der Waals surface area contributed by atoms with Crippen LogP contribution in [0.5, 0.6) is 5.75 Å². The molecular weight excluding hydrogens is 200 g/mol. The third-order valence-electron chi connectivity index (χ3n) is 2.80. The fourth-order valence-corrected chi connectivity index (χ4v) is 1.73. The zero-order chi connectivity index (χ0) is 12.1. The molecule has 0 bridgehead atoms. The highest BCUT2D eigenvalue weighted by Gasteiger charge is 2.12. The van der Waals surface area contributed by atoms with E-state index in [9.17, 15) is 0 Å². The van der Waals surface area contributed by atoms with E-state index in [1.807, 2.05) is 0 Å². The van der Waals surface area contributed by atoms with Gasteiger partial charge in [0, 0.05) is 11.6 Å². The van der Waals surface area contributed by atoms with Crippen molar-refractivity contribution in [2.75, 3.05) is 13.7 Å². The number of hydrogen-bond acceptors (Lipinski definition) is 3. The van der Waals surface area contributed by atoms with Gasteiger partial charge in [-0.05, 0) is 30.5 Å². The van der Waals surface area contributed by atoms with Crippen molar-refractivity contribution in [2.24, 2.45) is 11.5 Å². The van der Waals surface area contributed by atoms with Crippen LogP contribution in [0.1, 0.15) is 43.4 Å². The lowest BCUT2D eigenvalue weighted by atomic mass is 9.97. The van der Waals surface area contributed by atoms with E-state index < -0.39 is 0 Å². The van der Waals surface area contributed by atoms with Gasteiger partial charge in [-0.3, -0.25) is 0 Å². The average molecular weight is 222 g/mol. The Balaban J connectivity index is 3.01. The van der Waals surface area contributed by atoms with E-state index in [0.717, 1.165) is 17.7 Å². The van der Waals surface area contributed by atoms with Crippen molar-refractivity contribution in [3.8, 4) is 5.75 Å².